The van der Waals surface area contributed by atoms with Gasteiger partial charge in [0.05, 0.1) is 18.7 Å². The second-order valence-electron chi connectivity index (χ2n) is 5.60. The number of anilines is 2. The van der Waals surface area contributed by atoms with E-state index in [1.807, 2.05) is 66.7 Å². The molecule has 1 aromatic heterocycles. The highest BCUT2D eigenvalue weighted by atomic mass is 79.9. The Bertz CT molecular complexity index is 818. The maximum atomic E-state index is 12.1. The predicted octanol–water partition coefficient (Wildman–Crippen LogP) is 4.64. The Morgan fingerprint density at radius 3 is 2.32 bits per heavy atom. The van der Waals surface area contributed by atoms with E-state index in [-0.39, 0.29) is 5.91 Å². The van der Waals surface area contributed by atoms with Crippen LogP contribution in [0.15, 0.2) is 77.4 Å². The first kappa shape index (κ1) is 17.2. The van der Waals surface area contributed by atoms with Gasteiger partial charge in [-0.05, 0) is 54.1 Å². The summed E-state index contributed by atoms with van der Waals surface area (Å²) in [7, 11) is 0. The smallest absolute Gasteiger partial charge is 0.228 e. The standard InChI is InChI=1S/C20H18BrN3O/c21-16-6-4-15(5-7-16)13-20(25)24-18-10-8-17(9-11-18)23-14-19-3-1-2-12-22-19/h1-12,23H,13-14H2,(H,24,25). The van der Waals surface area contributed by atoms with Crippen LogP contribution in [0.5, 0.6) is 0 Å². The van der Waals surface area contributed by atoms with Crippen molar-refractivity contribution in [2.45, 2.75) is 13.0 Å². The summed E-state index contributed by atoms with van der Waals surface area (Å²) in [5, 5.41) is 6.22. The van der Waals surface area contributed by atoms with E-state index in [4.69, 9.17) is 0 Å². The van der Waals surface area contributed by atoms with Gasteiger partial charge in [-0.3, -0.25) is 9.78 Å². The monoisotopic (exact) mass is 395 g/mol. The topological polar surface area (TPSA) is 54.0 Å². The van der Waals surface area contributed by atoms with Crippen LogP contribution >= 0.6 is 15.9 Å². The van der Waals surface area contributed by atoms with Crippen LogP contribution < -0.4 is 10.6 Å². The zero-order valence-corrected chi connectivity index (χ0v) is 15.2. The number of carbonyl (C=O) groups excluding carboxylic acids is 1. The summed E-state index contributed by atoms with van der Waals surface area (Å²) in [5.41, 5.74) is 3.73. The largest absolute Gasteiger partial charge is 0.379 e. The number of hydrogen-bond donors (Lipinski definition) is 2. The Labute approximate surface area is 155 Å². The lowest BCUT2D eigenvalue weighted by Crippen LogP contribution is -2.14. The predicted molar refractivity (Wildman–Crippen MR) is 104 cm³/mol. The summed E-state index contributed by atoms with van der Waals surface area (Å²) in [6, 6.07) is 21.3. The van der Waals surface area contributed by atoms with Crippen LogP contribution in [0.25, 0.3) is 0 Å². The lowest BCUT2D eigenvalue weighted by molar-refractivity contribution is -0.115. The highest BCUT2D eigenvalue weighted by Crippen LogP contribution is 2.15. The quantitative estimate of drug-likeness (QED) is 0.639. The van der Waals surface area contributed by atoms with Gasteiger partial charge in [-0.15, -0.1) is 0 Å². The van der Waals surface area contributed by atoms with Gasteiger partial charge in [0.15, 0.2) is 0 Å². The van der Waals surface area contributed by atoms with Gasteiger partial charge in [-0.2, -0.15) is 0 Å². The minimum atomic E-state index is -0.0310. The van der Waals surface area contributed by atoms with Gasteiger partial charge in [-0.25, -0.2) is 0 Å². The van der Waals surface area contributed by atoms with Crippen LogP contribution in [0.4, 0.5) is 11.4 Å². The first-order valence-electron chi connectivity index (χ1n) is 7.97. The Morgan fingerprint density at radius 1 is 0.920 bits per heavy atom. The summed E-state index contributed by atoms with van der Waals surface area (Å²) < 4.78 is 1.01. The van der Waals surface area contributed by atoms with Crippen molar-refractivity contribution in [3.05, 3.63) is 88.7 Å². The minimum Gasteiger partial charge on any atom is -0.379 e. The third-order valence-corrected chi connectivity index (χ3v) is 4.18. The maximum absolute atomic E-state index is 12.1. The minimum absolute atomic E-state index is 0.0310. The molecule has 0 bridgehead atoms. The van der Waals surface area contributed by atoms with Crippen molar-refractivity contribution in [3.8, 4) is 0 Å². The molecule has 1 heterocycles. The molecule has 3 aromatic rings. The van der Waals surface area contributed by atoms with Gasteiger partial charge in [-0.1, -0.05) is 34.1 Å². The van der Waals surface area contributed by atoms with Crippen molar-refractivity contribution >= 4 is 33.2 Å². The van der Waals surface area contributed by atoms with Crippen molar-refractivity contribution in [3.63, 3.8) is 0 Å². The van der Waals surface area contributed by atoms with E-state index in [1.54, 1.807) is 6.20 Å². The first-order valence-corrected chi connectivity index (χ1v) is 8.76. The van der Waals surface area contributed by atoms with Crippen molar-refractivity contribution < 1.29 is 4.79 Å². The van der Waals surface area contributed by atoms with E-state index in [2.05, 4.69) is 31.5 Å². The highest BCUT2D eigenvalue weighted by Gasteiger charge is 2.04. The average molecular weight is 396 g/mol. The zero-order chi connectivity index (χ0) is 17.5. The van der Waals surface area contributed by atoms with Crippen LogP contribution in [0.3, 0.4) is 0 Å². The number of hydrogen-bond acceptors (Lipinski definition) is 3. The number of nitrogens with zero attached hydrogens (tertiary/aromatic N) is 1. The maximum Gasteiger partial charge on any atom is 0.228 e. The molecular weight excluding hydrogens is 378 g/mol. The lowest BCUT2D eigenvalue weighted by Gasteiger charge is -2.09. The summed E-state index contributed by atoms with van der Waals surface area (Å²) in [6.45, 7) is 0.663. The molecule has 0 fully saturated rings. The number of nitrogens with one attached hydrogen (secondary N) is 2. The van der Waals surface area contributed by atoms with Gasteiger partial charge in [0.2, 0.25) is 5.91 Å². The zero-order valence-electron chi connectivity index (χ0n) is 13.6. The van der Waals surface area contributed by atoms with Crippen LogP contribution in [-0.2, 0) is 17.8 Å². The molecule has 0 aliphatic rings. The molecule has 2 N–H and O–H groups in total. The molecule has 4 nitrogen and oxygen atoms in total. The molecule has 0 unspecified atom stereocenters. The van der Waals surface area contributed by atoms with E-state index < -0.39 is 0 Å². The fourth-order valence-corrected chi connectivity index (χ4v) is 2.62. The second kappa shape index (κ2) is 8.44. The van der Waals surface area contributed by atoms with Gasteiger partial charge >= 0.3 is 0 Å². The van der Waals surface area contributed by atoms with Crippen LogP contribution in [-0.4, -0.2) is 10.9 Å². The third kappa shape index (κ3) is 5.43. The third-order valence-electron chi connectivity index (χ3n) is 3.65. The molecule has 0 aliphatic heterocycles. The van der Waals surface area contributed by atoms with E-state index in [9.17, 15) is 4.79 Å². The number of pyridine rings is 1. The normalized spacial score (nSPS) is 10.3. The molecule has 0 spiro atoms. The second-order valence-corrected chi connectivity index (χ2v) is 6.52. The molecule has 5 heteroatoms. The number of amides is 1. The van der Waals surface area contributed by atoms with Gasteiger partial charge in [0.25, 0.3) is 0 Å². The van der Waals surface area contributed by atoms with Crippen molar-refractivity contribution in [1.29, 1.82) is 0 Å². The lowest BCUT2D eigenvalue weighted by atomic mass is 10.1. The Kier molecular flexibility index (Phi) is 5.80. The molecule has 126 valence electrons. The molecule has 2 aromatic carbocycles. The van der Waals surface area contributed by atoms with Crippen molar-refractivity contribution in [2.75, 3.05) is 10.6 Å². The number of carbonyl (C=O) groups is 1. The molecular formula is C20H18BrN3O. The summed E-state index contributed by atoms with van der Waals surface area (Å²) in [6.07, 6.45) is 2.13. The van der Waals surface area contributed by atoms with Gasteiger partial charge in [0, 0.05) is 22.0 Å². The van der Waals surface area contributed by atoms with E-state index >= 15 is 0 Å². The van der Waals surface area contributed by atoms with Crippen LogP contribution in [0, 0.1) is 0 Å². The molecule has 0 atom stereocenters. The molecule has 1 amide bonds. The molecule has 3 rings (SSSR count). The van der Waals surface area contributed by atoms with E-state index in [0.29, 0.717) is 13.0 Å². The molecule has 25 heavy (non-hydrogen) atoms. The summed E-state index contributed by atoms with van der Waals surface area (Å²) in [4.78, 5) is 16.4. The Morgan fingerprint density at radius 2 is 1.64 bits per heavy atom. The summed E-state index contributed by atoms with van der Waals surface area (Å²) in [5.74, 6) is -0.0310. The molecule has 0 saturated carbocycles. The molecule has 0 radical (unpaired) electrons. The van der Waals surface area contributed by atoms with E-state index in [0.717, 1.165) is 27.1 Å². The average Bonchev–Trinajstić information content (AvgIpc) is 2.64. The van der Waals surface area contributed by atoms with Gasteiger partial charge in [0.1, 0.15) is 0 Å². The van der Waals surface area contributed by atoms with E-state index in [1.165, 1.54) is 0 Å². The van der Waals surface area contributed by atoms with Gasteiger partial charge < -0.3 is 10.6 Å². The SMILES string of the molecule is O=C(Cc1ccc(Br)cc1)Nc1ccc(NCc2ccccn2)cc1. The molecule has 0 saturated heterocycles. The highest BCUT2D eigenvalue weighted by molar-refractivity contribution is 9.10. The van der Waals surface area contributed by atoms with Crippen molar-refractivity contribution in [2.24, 2.45) is 0 Å². The van der Waals surface area contributed by atoms with Crippen molar-refractivity contribution in [1.82, 2.24) is 4.98 Å². The Balaban J connectivity index is 1.51. The number of aromatic nitrogens is 1. The van der Waals surface area contributed by atoms with Crippen LogP contribution in [0.1, 0.15) is 11.3 Å². The fraction of sp³-hybridized carbons (Fsp3) is 0.100. The summed E-state index contributed by atoms with van der Waals surface area (Å²) >= 11 is 3.39. The number of benzene rings is 2. The van der Waals surface area contributed by atoms with Crippen LogP contribution in [0.2, 0.25) is 0 Å². The molecule has 0 aliphatic carbocycles. The number of halogens is 1. The number of rotatable bonds is 6. The fourth-order valence-electron chi connectivity index (χ4n) is 2.36. The Hall–Kier alpha value is -2.66. The first-order chi connectivity index (χ1) is 12.2.